The van der Waals surface area contributed by atoms with Crippen LogP contribution in [0.15, 0.2) is 24.3 Å². The van der Waals surface area contributed by atoms with Gasteiger partial charge in [-0.2, -0.15) is 0 Å². The summed E-state index contributed by atoms with van der Waals surface area (Å²) in [5.74, 6) is 0.610. The molecule has 0 spiro atoms. The molecule has 0 aliphatic carbocycles. The number of rotatable bonds is 3. The highest BCUT2D eigenvalue weighted by atomic mass is 16.6. The Balaban J connectivity index is 1.76. The maximum absolute atomic E-state index is 12.0. The zero-order valence-electron chi connectivity index (χ0n) is 14.2. The number of hydrogen-bond acceptors (Lipinski definition) is 3. The van der Waals surface area contributed by atoms with Gasteiger partial charge >= 0.3 is 6.09 Å². The van der Waals surface area contributed by atoms with Crippen LogP contribution in [0.4, 0.5) is 10.5 Å². The maximum Gasteiger partial charge on any atom is 0.410 e. The molecule has 1 N–H and O–H groups in total. The molecule has 0 saturated carbocycles. The van der Waals surface area contributed by atoms with Gasteiger partial charge in [-0.3, -0.25) is 0 Å². The van der Waals surface area contributed by atoms with E-state index in [2.05, 4.69) is 36.5 Å². The van der Waals surface area contributed by atoms with E-state index in [1.807, 2.05) is 25.7 Å². The molecule has 0 atom stereocenters. The molecule has 1 aromatic carbocycles. The van der Waals surface area contributed by atoms with Gasteiger partial charge in [-0.25, -0.2) is 4.79 Å². The lowest BCUT2D eigenvalue weighted by Gasteiger charge is -2.33. The zero-order chi connectivity index (χ0) is 16.2. The number of carbonyl (C=O) groups excluding carboxylic acids is 1. The summed E-state index contributed by atoms with van der Waals surface area (Å²) in [6.45, 7) is 10.4. The lowest BCUT2D eigenvalue weighted by Crippen LogP contribution is -2.42. The Kier molecular flexibility index (Phi) is 5.33. The Morgan fingerprint density at radius 1 is 1.27 bits per heavy atom. The van der Waals surface area contributed by atoms with Crippen molar-refractivity contribution in [3.63, 3.8) is 0 Å². The first-order valence-electron chi connectivity index (χ1n) is 8.12. The molecule has 1 aliphatic rings. The quantitative estimate of drug-likeness (QED) is 0.916. The average Bonchev–Trinajstić information content (AvgIpc) is 2.45. The highest BCUT2D eigenvalue weighted by molar-refractivity contribution is 5.68. The van der Waals surface area contributed by atoms with E-state index in [1.54, 1.807) is 0 Å². The molecule has 1 aromatic rings. The molecule has 22 heavy (non-hydrogen) atoms. The minimum atomic E-state index is -0.416. The summed E-state index contributed by atoms with van der Waals surface area (Å²) in [4.78, 5) is 13.9. The number of benzene rings is 1. The van der Waals surface area contributed by atoms with Crippen LogP contribution in [-0.4, -0.2) is 36.2 Å². The Hall–Kier alpha value is -1.71. The molecule has 2 rings (SSSR count). The van der Waals surface area contributed by atoms with E-state index in [0.29, 0.717) is 5.92 Å². The number of nitrogens with zero attached hydrogens (tertiary/aromatic N) is 1. The van der Waals surface area contributed by atoms with Gasteiger partial charge < -0.3 is 15.0 Å². The number of hydrogen-bond donors (Lipinski definition) is 1. The van der Waals surface area contributed by atoms with E-state index in [0.717, 1.165) is 32.5 Å². The second-order valence-electron chi connectivity index (χ2n) is 7.11. The Morgan fingerprint density at radius 2 is 1.91 bits per heavy atom. The van der Waals surface area contributed by atoms with Crippen molar-refractivity contribution < 1.29 is 9.53 Å². The fourth-order valence-electron chi connectivity index (χ4n) is 2.67. The van der Waals surface area contributed by atoms with E-state index in [4.69, 9.17) is 4.74 Å². The Bertz CT molecular complexity index is 500. The Labute approximate surface area is 133 Å². The summed E-state index contributed by atoms with van der Waals surface area (Å²) in [6, 6.07) is 8.35. The molecule has 1 heterocycles. The number of aryl methyl sites for hydroxylation is 1. The fourth-order valence-corrected chi connectivity index (χ4v) is 2.67. The van der Waals surface area contributed by atoms with Crippen molar-refractivity contribution in [1.29, 1.82) is 0 Å². The second-order valence-corrected chi connectivity index (χ2v) is 7.11. The van der Waals surface area contributed by atoms with Crippen LogP contribution in [0.5, 0.6) is 0 Å². The summed E-state index contributed by atoms with van der Waals surface area (Å²) < 4.78 is 5.43. The van der Waals surface area contributed by atoms with Crippen LogP contribution < -0.4 is 5.32 Å². The lowest BCUT2D eigenvalue weighted by atomic mass is 9.97. The summed E-state index contributed by atoms with van der Waals surface area (Å²) >= 11 is 0. The third-order valence-electron chi connectivity index (χ3n) is 3.99. The number of amides is 1. The first kappa shape index (κ1) is 16.7. The number of ether oxygens (including phenoxy) is 1. The smallest absolute Gasteiger partial charge is 0.410 e. The predicted molar refractivity (Wildman–Crippen MR) is 90.2 cm³/mol. The van der Waals surface area contributed by atoms with Crippen LogP contribution in [0, 0.1) is 12.8 Å². The van der Waals surface area contributed by atoms with Crippen LogP contribution in [-0.2, 0) is 4.74 Å². The third kappa shape index (κ3) is 4.93. The molecule has 1 amide bonds. The SMILES string of the molecule is Cc1ccccc1NCC1CCN(C(=O)OC(C)(C)C)CC1. The zero-order valence-corrected chi connectivity index (χ0v) is 14.2. The largest absolute Gasteiger partial charge is 0.444 e. The summed E-state index contributed by atoms with van der Waals surface area (Å²) in [6.07, 6.45) is 1.87. The maximum atomic E-state index is 12.0. The van der Waals surface area contributed by atoms with Crippen molar-refractivity contribution in [1.82, 2.24) is 4.90 Å². The van der Waals surface area contributed by atoms with Gasteiger partial charge in [0, 0.05) is 25.3 Å². The number of para-hydroxylation sites is 1. The van der Waals surface area contributed by atoms with Crippen molar-refractivity contribution in [3.05, 3.63) is 29.8 Å². The van der Waals surface area contributed by atoms with E-state index in [-0.39, 0.29) is 6.09 Å². The van der Waals surface area contributed by atoms with Crippen molar-refractivity contribution >= 4 is 11.8 Å². The molecule has 1 fully saturated rings. The van der Waals surface area contributed by atoms with Gasteiger partial charge in [0.05, 0.1) is 0 Å². The number of likely N-dealkylation sites (tertiary alicyclic amines) is 1. The normalized spacial score (nSPS) is 16.5. The predicted octanol–water partition coefficient (Wildman–Crippen LogP) is 4.05. The standard InChI is InChI=1S/C18H28N2O2/c1-14-7-5-6-8-16(14)19-13-15-9-11-20(12-10-15)17(21)22-18(2,3)4/h5-8,15,19H,9-13H2,1-4H3. The van der Waals surface area contributed by atoms with E-state index in [9.17, 15) is 4.79 Å². The molecule has 122 valence electrons. The van der Waals surface area contributed by atoms with Crippen molar-refractivity contribution in [2.24, 2.45) is 5.92 Å². The van der Waals surface area contributed by atoms with Gasteiger partial charge in [0.15, 0.2) is 0 Å². The monoisotopic (exact) mass is 304 g/mol. The van der Waals surface area contributed by atoms with Crippen molar-refractivity contribution in [2.75, 3.05) is 25.0 Å². The van der Waals surface area contributed by atoms with Gasteiger partial charge in [-0.1, -0.05) is 18.2 Å². The summed E-state index contributed by atoms with van der Waals surface area (Å²) in [7, 11) is 0. The molecular formula is C18H28N2O2. The molecule has 1 aliphatic heterocycles. The Morgan fingerprint density at radius 3 is 2.50 bits per heavy atom. The van der Waals surface area contributed by atoms with Crippen LogP contribution >= 0.6 is 0 Å². The van der Waals surface area contributed by atoms with E-state index in [1.165, 1.54) is 11.3 Å². The molecular weight excluding hydrogens is 276 g/mol. The second kappa shape index (κ2) is 7.03. The van der Waals surface area contributed by atoms with Gasteiger partial charge in [-0.15, -0.1) is 0 Å². The minimum absolute atomic E-state index is 0.183. The number of carbonyl (C=O) groups is 1. The third-order valence-corrected chi connectivity index (χ3v) is 3.99. The lowest BCUT2D eigenvalue weighted by molar-refractivity contribution is 0.0188. The highest BCUT2D eigenvalue weighted by Gasteiger charge is 2.26. The van der Waals surface area contributed by atoms with Crippen LogP contribution in [0.25, 0.3) is 0 Å². The molecule has 0 radical (unpaired) electrons. The topological polar surface area (TPSA) is 41.6 Å². The van der Waals surface area contributed by atoms with E-state index >= 15 is 0 Å². The minimum Gasteiger partial charge on any atom is -0.444 e. The molecule has 0 aromatic heterocycles. The van der Waals surface area contributed by atoms with Crippen LogP contribution in [0.3, 0.4) is 0 Å². The molecule has 0 unspecified atom stereocenters. The number of anilines is 1. The fraction of sp³-hybridized carbons (Fsp3) is 0.611. The highest BCUT2D eigenvalue weighted by Crippen LogP contribution is 2.21. The van der Waals surface area contributed by atoms with Gasteiger partial charge in [0.25, 0.3) is 0 Å². The molecule has 0 bridgehead atoms. The van der Waals surface area contributed by atoms with Gasteiger partial charge in [0.2, 0.25) is 0 Å². The number of nitrogens with one attached hydrogen (secondary N) is 1. The van der Waals surface area contributed by atoms with Gasteiger partial charge in [0.1, 0.15) is 5.60 Å². The number of piperidine rings is 1. The van der Waals surface area contributed by atoms with Gasteiger partial charge in [-0.05, 0) is 58.1 Å². The summed E-state index contributed by atoms with van der Waals surface area (Å²) in [5, 5.41) is 3.53. The first-order chi connectivity index (χ1) is 10.3. The van der Waals surface area contributed by atoms with Crippen LogP contribution in [0.2, 0.25) is 0 Å². The van der Waals surface area contributed by atoms with E-state index < -0.39 is 5.60 Å². The van der Waals surface area contributed by atoms with Crippen molar-refractivity contribution in [3.8, 4) is 0 Å². The first-order valence-corrected chi connectivity index (χ1v) is 8.12. The van der Waals surface area contributed by atoms with Crippen molar-refractivity contribution in [2.45, 2.75) is 46.1 Å². The summed E-state index contributed by atoms with van der Waals surface area (Å²) in [5.41, 5.74) is 2.06. The molecule has 4 nitrogen and oxygen atoms in total. The molecule has 1 saturated heterocycles. The van der Waals surface area contributed by atoms with Crippen LogP contribution in [0.1, 0.15) is 39.2 Å². The molecule has 4 heteroatoms. The average molecular weight is 304 g/mol.